The lowest BCUT2D eigenvalue weighted by atomic mass is 9.73. The number of halogens is 1. The lowest BCUT2D eigenvalue weighted by Gasteiger charge is -2.45. The Bertz CT molecular complexity index is 3170. The van der Waals surface area contributed by atoms with Gasteiger partial charge in [0, 0.05) is 17.9 Å². The van der Waals surface area contributed by atoms with Gasteiger partial charge >= 0.3 is 15.6 Å². The number of hydrogen-bond acceptors (Lipinski definition) is 21. The van der Waals surface area contributed by atoms with Crippen molar-refractivity contribution in [3.05, 3.63) is 65.2 Å². The number of rotatable bonds is 21. The molecular weight excluding hydrogens is 1020 g/mol. The number of nitrogens with one attached hydrogen (secondary N) is 3. The molecule has 5 aromatic rings. The quantitative estimate of drug-likeness (QED) is 0.0507. The number of phosphoric ester groups is 2. The number of ether oxygens (including phenoxy) is 4. The highest BCUT2D eigenvalue weighted by Crippen LogP contribution is 2.60. The van der Waals surface area contributed by atoms with Crippen LogP contribution in [0.2, 0.25) is 0 Å². The molecule has 5 N–H and O–H groups in total. The Balaban J connectivity index is 1.27. The van der Waals surface area contributed by atoms with Crippen LogP contribution in [0, 0.1) is 45.8 Å². The van der Waals surface area contributed by atoms with Gasteiger partial charge < -0.3 is 34.1 Å². The maximum Gasteiger partial charge on any atom is 0.474 e. The number of carbonyl (C=O) groups is 2. The average Bonchev–Trinajstić information content (AvgIpc) is 4.18. The Labute approximate surface area is 418 Å². The van der Waals surface area contributed by atoms with Gasteiger partial charge in [0.05, 0.1) is 75.5 Å². The summed E-state index contributed by atoms with van der Waals surface area (Å²) in [5.74, 6) is -5.54. The van der Waals surface area contributed by atoms with Gasteiger partial charge in [-0.15, -0.1) is 0 Å². The fourth-order valence-electron chi connectivity index (χ4n) is 9.01. The molecule has 7 heterocycles. The van der Waals surface area contributed by atoms with Gasteiger partial charge in [0.25, 0.3) is 11.5 Å². The van der Waals surface area contributed by atoms with E-state index in [4.69, 9.17) is 37.0 Å². The summed E-state index contributed by atoms with van der Waals surface area (Å²) in [5.41, 5.74) is -3.85. The van der Waals surface area contributed by atoms with Crippen LogP contribution < -0.4 is 16.2 Å². The second kappa shape index (κ2) is 21.8. The van der Waals surface area contributed by atoms with Crippen molar-refractivity contribution < 1.29 is 69.9 Å². The first-order chi connectivity index (χ1) is 35.2. The fourth-order valence-corrected chi connectivity index (χ4v) is 10.9. The number of aromatic amines is 1. The van der Waals surface area contributed by atoms with E-state index in [-0.39, 0.29) is 52.5 Å². The highest BCUT2D eigenvalue weighted by molar-refractivity contribution is 7.48. The van der Waals surface area contributed by atoms with Crippen LogP contribution in [0.3, 0.4) is 0 Å². The topological polar surface area (TPSA) is 385 Å². The van der Waals surface area contributed by atoms with Gasteiger partial charge in [-0.05, 0) is 32.4 Å². The van der Waals surface area contributed by atoms with Crippen molar-refractivity contribution in [3.63, 3.8) is 0 Å². The van der Waals surface area contributed by atoms with E-state index in [1.165, 1.54) is 18.4 Å². The molecule has 1 unspecified atom stereocenters. The summed E-state index contributed by atoms with van der Waals surface area (Å²) in [5, 5.41) is 33.7. The van der Waals surface area contributed by atoms with E-state index >= 15 is 4.39 Å². The van der Waals surface area contributed by atoms with E-state index in [1.54, 1.807) is 44.2 Å². The number of nitrogens with zero attached hydrogens (tertiary/aromatic N) is 10. The molecule has 0 aliphatic carbocycles. The van der Waals surface area contributed by atoms with Gasteiger partial charge in [-0.1, -0.05) is 32.0 Å². The Morgan fingerprint density at radius 1 is 0.892 bits per heavy atom. The Morgan fingerprint density at radius 2 is 1.54 bits per heavy atom. The number of carbonyl (C=O) groups excluding carboxylic acids is 2. The van der Waals surface area contributed by atoms with E-state index in [0.717, 1.165) is 23.5 Å². The predicted molar refractivity (Wildman–Crippen MR) is 248 cm³/mol. The van der Waals surface area contributed by atoms with Gasteiger partial charge in [-0.25, -0.2) is 33.5 Å². The van der Waals surface area contributed by atoms with Crippen LogP contribution in [-0.2, 0) is 51.0 Å². The van der Waals surface area contributed by atoms with E-state index in [1.807, 2.05) is 18.2 Å². The van der Waals surface area contributed by atoms with Crippen molar-refractivity contribution in [3.8, 4) is 18.2 Å². The van der Waals surface area contributed by atoms with Crippen molar-refractivity contribution in [2.75, 3.05) is 30.5 Å². The van der Waals surface area contributed by atoms with Gasteiger partial charge in [-0.3, -0.25) is 51.9 Å². The molecule has 2 amide bonds. The molecule has 74 heavy (non-hydrogen) atoms. The van der Waals surface area contributed by atoms with E-state index in [2.05, 4.69) is 40.5 Å². The zero-order valence-electron chi connectivity index (χ0n) is 39.7. The number of fused-ring (bicyclic) bond motifs is 3. The van der Waals surface area contributed by atoms with Crippen LogP contribution in [0.4, 0.5) is 16.2 Å². The predicted octanol–water partition coefficient (Wildman–Crippen LogP) is 4.21. The number of amides is 2. The molecule has 0 radical (unpaired) electrons. The summed E-state index contributed by atoms with van der Waals surface area (Å²) in [6.07, 6.45) is -11.0. The Kier molecular flexibility index (Phi) is 15.8. The van der Waals surface area contributed by atoms with Crippen molar-refractivity contribution in [1.82, 2.24) is 39.0 Å². The molecule has 0 bridgehead atoms. The SMILES string of the molecule is CC(C)C(=O)Nc1nc2c(ncn2[C@@H]2O[C@@H](C(CCC#N)(OP(=O)(O)O)[C@@H]3[C@@H](F)[C@H](n4cnc5c(NC(=O)c6ccccc6)ncnc54)O[C@H]3COP(=O)(OCCC#N)OCCC#N)[C@H]3OC(C)(C)O[C@H]32)c(=O)[nH]1. The summed E-state index contributed by atoms with van der Waals surface area (Å²) < 4.78 is 96.7. The molecule has 3 saturated heterocycles. The molecule has 28 nitrogen and oxygen atoms in total. The number of phosphoric acid groups is 2. The maximum absolute atomic E-state index is 18.5. The normalized spacial score (nSPS) is 24.3. The van der Waals surface area contributed by atoms with Gasteiger partial charge in [0.15, 0.2) is 52.6 Å². The molecule has 3 aliphatic rings. The standard InChI is InChI=1S/C43H48FN13O15P2/c1-23(2)36(58)54-41-53-35-29(38(60)55-41)51-22-57(35)40-31-30(70-42(3,4)71-31)32(69-40)43(13-8-14-45,72-73(61,62)63)26-25(19-67-74(64,65-17-9-15-46)66-18-10-16-47)68-39(27(26)44)56-21-50-28-33(48-20-49-34(28)56)52-37(59)24-11-6-5-7-12-24/h5-7,11-12,20-23,25-27,30-32,39-40H,8-10,13,17-19H2,1-4H3,(H2,61,62,63)(H,48,49,52,59)(H2,53,54,55,58,60)/t25-,26-,27+,30-,31+,32+,39+,40+,43?/m0/s1. The van der Waals surface area contributed by atoms with Gasteiger partial charge in [0.2, 0.25) is 11.9 Å². The molecule has 3 fully saturated rings. The third-order valence-electron chi connectivity index (χ3n) is 12.0. The minimum absolute atomic E-state index is 0.0530. The second-order valence-electron chi connectivity index (χ2n) is 17.7. The molecule has 3 aliphatic heterocycles. The minimum Gasteiger partial charge on any atom is -0.349 e. The van der Waals surface area contributed by atoms with Crippen LogP contribution in [-0.4, -0.2) is 122 Å². The zero-order valence-corrected chi connectivity index (χ0v) is 41.5. The molecule has 8 rings (SSSR count). The lowest BCUT2D eigenvalue weighted by Crippen LogP contribution is -2.60. The first-order valence-electron chi connectivity index (χ1n) is 22.7. The number of H-pyrrole nitrogens is 1. The van der Waals surface area contributed by atoms with Gasteiger partial charge in [-0.2, -0.15) is 20.8 Å². The molecule has 392 valence electrons. The lowest BCUT2D eigenvalue weighted by molar-refractivity contribution is -0.233. The Morgan fingerprint density at radius 3 is 2.19 bits per heavy atom. The van der Waals surface area contributed by atoms with Gasteiger partial charge in [0.1, 0.15) is 30.2 Å². The molecule has 4 aromatic heterocycles. The molecule has 9 atom stereocenters. The van der Waals surface area contributed by atoms with Crippen molar-refractivity contribution in [2.45, 2.75) is 108 Å². The number of aromatic nitrogens is 8. The fraction of sp³-hybridized carbons (Fsp3) is 0.512. The molecule has 1 aromatic carbocycles. The summed E-state index contributed by atoms with van der Waals surface area (Å²) >= 11 is 0. The number of alkyl halides is 1. The number of anilines is 2. The van der Waals surface area contributed by atoms with Crippen LogP contribution >= 0.6 is 15.6 Å². The van der Waals surface area contributed by atoms with E-state index < -0.39 is 132 Å². The number of hydrogen-bond donors (Lipinski definition) is 5. The first-order valence-corrected chi connectivity index (χ1v) is 25.7. The monoisotopic (exact) mass is 1070 g/mol. The van der Waals surface area contributed by atoms with Crippen LogP contribution in [0.15, 0.2) is 54.1 Å². The number of benzene rings is 1. The van der Waals surface area contributed by atoms with Crippen molar-refractivity contribution in [1.29, 1.82) is 15.8 Å². The number of nitriles is 3. The maximum atomic E-state index is 18.5. The number of imidazole rings is 2. The van der Waals surface area contributed by atoms with Crippen LogP contribution in [0.25, 0.3) is 22.3 Å². The zero-order chi connectivity index (χ0) is 53.2. The van der Waals surface area contributed by atoms with Crippen LogP contribution in [0.5, 0.6) is 0 Å². The third kappa shape index (κ3) is 11.1. The van der Waals surface area contributed by atoms with Crippen LogP contribution in [0.1, 0.15) is 76.2 Å². The Hall–Kier alpha value is -6.48. The van der Waals surface area contributed by atoms with Crippen molar-refractivity contribution in [2.24, 2.45) is 11.8 Å². The molecule has 0 saturated carbocycles. The molecule has 0 spiro atoms. The first kappa shape index (κ1) is 53.8. The highest BCUT2D eigenvalue weighted by atomic mass is 31.2. The summed E-state index contributed by atoms with van der Waals surface area (Å²) in [6.45, 7) is 4.26. The molecular formula is C43H48FN13O15P2. The smallest absolute Gasteiger partial charge is 0.349 e. The summed E-state index contributed by atoms with van der Waals surface area (Å²) in [7, 11) is -10.7. The largest absolute Gasteiger partial charge is 0.474 e. The minimum atomic E-state index is -5.87. The third-order valence-corrected chi connectivity index (χ3v) is 14.1. The van der Waals surface area contributed by atoms with Crippen molar-refractivity contribution >= 4 is 61.6 Å². The second-order valence-corrected chi connectivity index (χ2v) is 20.5. The summed E-state index contributed by atoms with van der Waals surface area (Å²) in [6, 6.07) is 13.6. The molecule has 31 heteroatoms. The highest BCUT2D eigenvalue weighted by Gasteiger charge is 2.70. The van der Waals surface area contributed by atoms with E-state index in [9.17, 15) is 49.1 Å². The average molecular weight is 1070 g/mol. The summed E-state index contributed by atoms with van der Waals surface area (Å²) in [4.78, 5) is 85.0. The van der Waals surface area contributed by atoms with E-state index in [0.29, 0.717) is 0 Å².